The van der Waals surface area contributed by atoms with E-state index in [1.165, 1.54) is 12.8 Å². The Hall–Kier alpha value is -1.02. The number of hydrogen-bond donors (Lipinski definition) is 0. The van der Waals surface area contributed by atoms with Gasteiger partial charge in [-0.2, -0.15) is 0 Å². The van der Waals surface area contributed by atoms with Crippen molar-refractivity contribution in [3.05, 3.63) is 28.8 Å². The van der Waals surface area contributed by atoms with Crippen LogP contribution in [0.15, 0.2) is 18.2 Å². The highest BCUT2D eigenvalue weighted by Gasteiger charge is 2.16. The number of nitrogens with zero attached hydrogens (tertiary/aromatic N) is 1. The minimum absolute atomic E-state index is 0.546. The van der Waals surface area contributed by atoms with Gasteiger partial charge in [0.2, 0.25) is 0 Å². The topological polar surface area (TPSA) is 20.3 Å². The Kier molecular flexibility index (Phi) is 2.73. The second kappa shape index (κ2) is 4.01. The molecule has 0 amide bonds. The number of rotatable bonds is 2. The quantitative estimate of drug-likeness (QED) is 0.699. The molecule has 74 valence electrons. The van der Waals surface area contributed by atoms with Gasteiger partial charge in [-0.1, -0.05) is 17.7 Å². The third-order valence-corrected chi connectivity index (χ3v) is 2.92. The molecule has 2 nitrogen and oxygen atoms in total. The molecule has 0 bridgehead atoms. The van der Waals surface area contributed by atoms with E-state index in [0.29, 0.717) is 10.6 Å². The highest BCUT2D eigenvalue weighted by atomic mass is 35.5. The largest absolute Gasteiger partial charge is 0.371 e. The van der Waals surface area contributed by atoms with Crippen molar-refractivity contribution in [3.63, 3.8) is 0 Å². The van der Waals surface area contributed by atoms with Crippen LogP contribution >= 0.6 is 11.6 Å². The lowest BCUT2D eigenvalue weighted by Gasteiger charge is -2.19. The predicted molar refractivity (Wildman–Crippen MR) is 58.3 cm³/mol. The van der Waals surface area contributed by atoms with Crippen LogP contribution in [-0.4, -0.2) is 19.4 Å². The molecule has 0 N–H and O–H groups in total. The van der Waals surface area contributed by atoms with E-state index in [-0.39, 0.29) is 0 Å². The Bertz CT molecular complexity index is 345. The number of aldehydes is 1. The van der Waals surface area contributed by atoms with Crippen molar-refractivity contribution < 1.29 is 4.79 Å². The third-order valence-electron chi connectivity index (χ3n) is 2.59. The lowest BCUT2D eigenvalue weighted by molar-refractivity contribution is 0.112. The summed E-state index contributed by atoms with van der Waals surface area (Å²) < 4.78 is 0. The van der Waals surface area contributed by atoms with Gasteiger partial charge in [0.05, 0.1) is 10.6 Å². The van der Waals surface area contributed by atoms with E-state index < -0.39 is 0 Å². The number of anilines is 1. The van der Waals surface area contributed by atoms with Crippen LogP contribution in [0, 0.1) is 0 Å². The number of halogens is 1. The van der Waals surface area contributed by atoms with E-state index in [1.54, 1.807) is 6.07 Å². The molecule has 1 aromatic carbocycles. The van der Waals surface area contributed by atoms with Crippen LogP contribution in [0.4, 0.5) is 5.69 Å². The van der Waals surface area contributed by atoms with Crippen LogP contribution in [0.2, 0.25) is 5.02 Å². The zero-order chi connectivity index (χ0) is 9.97. The summed E-state index contributed by atoms with van der Waals surface area (Å²) in [6.45, 7) is 2.06. The Morgan fingerprint density at radius 3 is 2.64 bits per heavy atom. The maximum Gasteiger partial charge on any atom is 0.153 e. The normalized spacial score (nSPS) is 15.9. The number of hydrogen-bond acceptors (Lipinski definition) is 2. The molecule has 2 rings (SSSR count). The molecule has 0 aliphatic carbocycles. The van der Waals surface area contributed by atoms with Gasteiger partial charge in [-0.25, -0.2) is 0 Å². The highest BCUT2D eigenvalue weighted by Crippen LogP contribution is 2.28. The highest BCUT2D eigenvalue weighted by molar-refractivity contribution is 6.33. The molecule has 1 saturated heterocycles. The Morgan fingerprint density at radius 2 is 2.00 bits per heavy atom. The maximum atomic E-state index is 10.9. The first-order chi connectivity index (χ1) is 6.83. The molecule has 3 heteroatoms. The summed E-state index contributed by atoms with van der Waals surface area (Å²) in [5.74, 6) is 0. The molecule has 1 fully saturated rings. The van der Waals surface area contributed by atoms with E-state index >= 15 is 0 Å². The van der Waals surface area contributed by atoms with Gasteiger partial charge in [0.25, 0.3) is 0 Å². The molecule has 0 unspecified atom stereocenters. The Labute approximate surface area is 88.5 Å². The molecule has 0 spiro atoms. The maximum absolute atomic E-state index is 10.9. The van der Waals surface area contributed by atoms with E-state index in [1.807, 2.05) is 12.1 Å². The van der Waals surface area contributed by atoms with Crippen molar-refractivity contribution in [1.82, 2.24) is 0 Å². The molecular weight excluding hydrogens is 198 g/mol. The van der Waals surface area contributed by atoms with Crippen molar-refractivity contribution in [2.24, 2.45) is 0 Å². The molecule has 1 aliphatic heterocycles. The number of benzene rings is 1. The van der Waals surface area contributed by atoms with Crippen LogP contribution in [0.25, 0.3) is 0 Å². The summed E-state index contributed by atoms with van der Waals surface area (Å²) >= 11 is 5.95. The zero-order valence-corrected chi connectivity index (χ0v) is 8.63. The minimum atomic E-state index is 0.546. The van der Waals surface area contributed by atoms with Gasteiger partial charge < -0.3 is 4.90 Å². The number of carbonyl (C=O) groups excluding carboxylic acids is 1. The van der Waals surface area contributed by atoms with Crippen molar-refractivity contribution in [2.75, 3.05) is 18.0 Å². The van der Waals surface area contributed by atoms with Gasteiger partial charge in [-0.15, -0.1) is 0 Å². The fraction of sp³-hybridized carbons (Fsp3) is 0.364. The Morgan fingerprint density at radius 1 is 1.29 bits per heavy atom. The molecule has 0 radical (unpaired) electrons. The van der Waals surface area contributed by atoms with Gasteiger partial charge in [-0.3, -0.25) is 4.79 Å². The minimum Gasteiger partial charge on any atom is -0.371 e. The summed E-state index contributed by atoms with van der Waals surface area (Å²) in [6.07, 6.45) is 3.24. The summed E-state index contributed by atoms with van der Waals surface area (Å²) in [5, 5.41) is 0.546. The fourth-order valence-corrected chi connectivity index (χ4v) is 2.09. The summed E-state index contributed by atoms with van der Waals surface area (Å²) in [7, 11) is 0. The van der Waals surface area contributed by atoms with Crippen molar-refractivity contribution in [3.8, 4) is 0 Å². The molecule has 1 heterocycles. The van der Waals surface area contributed by atoms with Crippen molar-refractivity contribution in [2.45, 2.75) is 12.8 Å². The smallest absolute Gasteiger partial charge is 0.153 e. The van der Waals surface area contributed by atoms with Crippen LogP contribution < -0.4 is 4.90 Å². The molecule has 14 heavy (non-hydrogen) atoms. The van der Waals surface area contributed by atoms with Gasteiger partial charge in [0.1, 0.15) is 0 Å². The van der Waals surface area contributed by atoms with Crippen LogP contribution in [0.1, 0.15) is 23.2 Å². The first-order valence-corrected chi connectivity index (χ1v) is 5.19. The molecule has 0 saturated carbocycles. The number of carbonyl (C=O) groups is 1. The summed E-state index contributed by atoms with van der Waals surface area (Å²) in [4.78, 5) is 13.1. The van der Waals surface area contributed by atoms with Crippen LogP contribution in [0.3, 0.4) is 0 Å². The predicted octanol–water partition coefficient (Wildman–Crippen LogP) is 2.75. The van der Waals surface area contributed by atoms with Crippen molar-refractivity contribution >= 4 is 23.6 Å². The standard InChI is InChI=1S/C11H12ClNO/c12-10-4-3-5-11(9(10)8-14)13-6-1-2-7-13/h3-5,8H,1-2,6-7H2. The van der Waals surface area contributed by atoms with E-state index in [0.717, 1.165) is 25.1 Å². The average Bonchev–Trinajstić information content (AvgIpc) is 2.70. The first-order valence-electron chi connectivity index (χ1n) is 4.81. The van der Waals surface area contributed by atoms with Crippen LogP contribution in [-0.2, 0) is 0 Å². The van der Waals surface area contributed by atoms with E-state index in [9.17, 15) is 4.79 Å². The van der Waals surface area contributed by atoms with Gasteiger partial charge >= 0.3 is 0 Å². The Balaban J connectivity index is 2.40. The second-order valence-electron chi connectivity index (χ2n) is 3.48. The third kappa shape index (κ3) is 1.62. The average molecular weight is 210 g/mol. The van der Waals surface area contributed by atoms with Gasteiger partial charge in [0.15, 0.2) is 6.29 Å². The molecule has 1 aromatic rings. The summed E-state index contributed by atoms with van der Waals surface area (Å²) in [5.41, 5.74) is 1.60. The molecule has 0 aromatic heterocycles. The second-order valence-corrected chi connectivity index (χ2v) is 3.89. The van der Waals surface area contributed by atoms with E-state index in [2.05, 4.69) is 4.90 Å². The lowest BCUT2D eigenvalue weighted by Crippen LogP contribution is -2.19. The first kappa shape index (κ1) is 9.53. The SMILES string of the molecule is O=Cc1c(Cl)cccc1N1CCCC1. The fourth-order valence-electron chi connectivity index (χ4n) is 1.88. The van der Waals surface area contributed by atoms with Gasteiger partial charge in [-0.05, 0) is 25.0 Å². The summed E-state index contributed by atoms with van der Waals surface area (Å²) in [6, 6.07) is 5.61. The molecular formula is C11H12ClNO. The molecule has 0 atom stereocenters. The zero-order valence-electron chi connectivity index (χ0n) is 7.87. The van der Waals surface area contributed by atoms with Crippen molar-refractivity contribution in [1.29, 1.82) is 0 Å². The monoisotopic (exact) mass is 209 g/mol. The lowest BCUT2D eigenvalue weighted by atomic mass is 10.2. The van der Waals surface area contributed by atoms with Crippen LogP contribution in [0.5, 0.6) is 0 Å². The van der Waals surface area contributed by atoms with Gasteiger partial charge in [0, 0.05) is 18.8 Å². The molecule has 1 aliphatic rings. The van der Waals surface area contributed by atoms with E-state index in [4.69, 9.17) is 11.6 Å².